The van der Waals surface area contributed by atoms with Crippen molar-refractivity contribution in [1.82, 2.24) is 26.2 Å². The van der Waals surface area contributed by atoms with E-state index in [2.05, 4.69) is 26.6 Å². The maximum atomic E-state index is 14.2. The molecule has 1 fully saturated rings. The molecule has 0 aromatic heterocycles. The Kier molecular flexibility index (Phi) is 15.5. The van der Waals surface area contributed by atoms with Crippen LogP contribution in [0.5, 0.6) is 0 Å². The standard InChI is InChI=1S/C45H57N7O7/c1-27(2)23-34(49-38(53)26-46)42(56)50-35(25-29-13-6-5-7-14-29)43(57)51-36(24-28(3)4)45(59)52-22-11-19-37(52)44(58)48-21-12-20-47-33-18-10-17-32-39(33)41(55)31-16-9-8-15-30(31)40(32)54/h5-10,13-18,27-28,34-37,47H,11-12,19-26,46H2,1-4H3,(H,48,58)(H,49,53)(H,50,56)(H,51,57)/t34-,35-,36-,37-/m0/s1. The molecule has 314 valence electrons. The number of carbonyl (C=O) groups is 7. The fourth-order valence-electron chi connectivity index (χ4n) is 7.69. The SMILES string of the molecule is CC(C)C[C@H](NC(=O)CN)C(=O)N[C@@H](Cc1ccccc1)C(=O)N[C@@H](CC(C)C)C(=O)N1CCC[C@H]1C(=O)NCCCNc1cccc2c1C(=O)c1ccccc1C2=O. The lowest BCUT2D eigenvalue weighted by atomic mass is 9.83. The number of nitrogens with zero attached hydrogens (tertiary/aromatic N) is 1. The summed E-state index contributed by atoms with van der Waals surface area (Å²) in [6.45, 7) is 8.47. The number of likely N-dealkylation sites (tertiary alicyclic amines) is 1. The Bertz CT molecular complexity index is 2020. The van der Waals surface area contributed by atoms with Crippen molar-refractivity contribution in [2.45, 2.75) is 90.4 Å². The van der Waals surface area contributed by atoms with Gasteiger partial charge in [0.15, 0.2) is 11.6 Å². The number of amides is 5. The van der Waals surface area contributed by atoms with Gasteiger partial charge in [-0.25, -0.2) is 0 Å². The van der Waals surface area contributed by atoms with Gasteiger partial charge >= 0.3 is 0 Å². The van der Waals surface area contributed by atoms with Crippen LogP contribution in [0.4, 0.5) is 5.69 Å². The van der Waals surface area contributed by atoms with Crippen LogP contribution >= 0.6 is 0 Å². The second kappa shape index (κ2) is 20.7. The zero-order chi connectivity index (χ0) is 42.6. The second-order valence-electron chi connectivity index (χ2n) is 16.1. The zero-order valence-electron chi connectivity index (χ0n) is 34.3. The molecule has 1 heterocycles. The van der Waals surface area contributed by atoms with Gasteiger partial charge in [-0.3, -0.25) is 33.6 Å². The minimum atomic E-state index is -1.07. The summed E-state index contributed by atoms with van der Waals surface area (Å²) in [5.41, 5.74) is 8.29. The van der Waals surface area contributed by atoms with Crippen LogP contribution in [0, 0.1) is 11.8 Å². The van der Waals surface area contributed by atoms with Gasteiger partial charge in [0, 0.05) is 48.4 Å². The Labute approximate surface area is 345 Å². The van der Waals surface area contributed by atoms with E-state index >= 15 is 0 Å². The lowest BCUT2D eigenvalue weighted by molar-refractivity contribution is -0.142. The highest BCUT2D eigenvalue weighted by molar-refractivity contribution is 6.30. The Balaban J connectivity index is 1.21. The van der Waals surface area contributed by atoms with Crippen molar-refractivity contribution in [1.29, 1.82) is 0 Å². The van der Waals surface area contributed by atoms with Gasteiger partial charge in [-0.05, 0) is 55.6 Å². The monoisotopic (exact) mass is 807 g/mol. The highest BCUT2D eigenvalue weighted by atomic mass is 16.2. The van der Waals surface area contributed by atoms with Crippen LogP contribution < -0.4 is 32.3 Å². The molecule has 0 unspecified atom stereocenters. The molecule has 3 aromatic carbocycles. The number of hydrogen-bond donors (Lipinski definition) is 6. The summed E-state index contributed by atoms with van der Waals surface area (Å²) in [5, 5.41) is 14.6. The molecule has 0 saturated carbocycles. The highest BCUT2D eigenvalue weighted by Gasteiger charge is 2.39. The molecule has 4 atom stereocenters. The number of nitrogens with two attached hydrogens (primary N) is 1. The molecule has 59 heavy (non-hydrogen) atoms. The first-order valence-corrected chi connectivity index (χ1v) is 20.6. The summed E-state index contributed by atoms with van der Waals surface area (Å²) >= 11 is 0. The van der Waals surface area contributed by atoms with Crippen LogP contribution in [0.2, 0.25) is 0 Å². The van der Waals surface area contributed by atoms with Crippen LogP contribution in [-0.2, 0) is 30.4 Å². The number of ketones is 2. The van der Waals surface area contributed by atoms with Gasteiger partial charge < -0.3 is 37.2 Å². The first-order chi connectivity index (χ1) is 28.3. The topological polar surface area (TPSA) is 209 Å². The van der Waals surface area contributed by atoms with Crippen LogP contribution in [0.1, 0.15) is 97.2 Å². The molecule has 0 spiro atoms. The third-order valence-corrected chi connectivity index (χ3v) is 10.5. The van der Waals surface area contributed by atoms with Gasteiger partial charge in [0.1, 0.15) is 24.2 Å². The number of benzene rings is 3. The second-order valence-corrected chi connectivity index (χ2v) is 16.1. The first-order valence-electron chi connectivity index (χ1n) is 20.6. The maximum Gasteiger partial charge on any atom is 0.245 e. The zero-order valence-corrected chi connectivity index (χ0v) is 34.3. The maximum absolute atomic E-state index is 14.2. The molecule has 1 aliphatic carbocycles. The minimum Gasteiger partial charge on any atom is -0.384 e. The number of fused-ring (bicyclic) bond motifs is 2. The van der Waals surface area contributed by atoms with Crippen molar-refractivity contribution in [3.63, 3.8) is 0 Å². The molecule has 1 aliphatic heterocycles. The number of carbonyl (C=O) groups excluding carboxylic acids is 7. The predicted octanol–water partition coefficient (Wildman–Crippen LogP) is 3.12. The number of anilines is 1. The molecule has 5 rings (SSSR count). The average Bonchev–Trinajstić information content (AvgIpc) is 3.72. The molecular formula is C45H57N7O7. The van der Waals surface area contributed by atoms with Crippen molar-refractivity contribution < 1.29 is 33.6 Å². The van der Waals surface area contributed by atoms with Gasteiger partial charge in [0.2, 0.25) is 29.5 Å². The number of hydrogen-bond acceptors (Lipinski definition) is 9. The van der Waals surface area contributed by atoms with E-state index in [0.29, 0.717) is 79.7 Å². The van der Waals surface area contributed by atoms with E-state index in [4.69, 9.17) is 5.73 Å². The predicted molar refractivity (Wildman–Crippen MR) is 225 cm³/mol. The Morgan fingerprint density at radius 1 is 0.712 bits per heavy atom. The smallest absolute Gasteiger partial charge is 0.245 e. The Morgan fingerprint density at radius 2 is 1.32 bits per heavy atom. The largest absolute Gasteiger partial charge is 0.384 e. The van der Waals surface area contributed by atoms with Gasteiger partial charge in [0.25, 0.3) is 0 Å². The van der Waals surface area contributed by atoms with E-state index in [9.17, 15) is 33.6 Å². The van der Waals surface area contributed by atoms with E-state index in [1.807, 2.05) is 58.0 Å². The van der Waals surface area contributed by atoms with Crippen LogP contribution in [0.15, 0.2) is 72.8 Å². The van der Waals surface area contributed by atoms with Gasteiger partial charge in [0.05, 0.1) is 12.1 Å². The van der Waals surface area contributed by atoms with E-state index in [0.717, 1.165) is 5.56 Å². The van der Waals surface area contributed by atoms with E-state index < -0.39 is 41.9 Å². The van der Waals surface area contributed by atoms with Crippen molar-refractivity contribution in [2.75, 3.05) is 31.5 Å². The molecule has 0 bridgehead atoms. The summed E-state index contributed by atoms with van der Waals surface area (Å²) in [6, 6.07) is 17.4. The Morgan fingerprint density at radius 3 is 2.00 bits per heavy atom. The molecule has 0 radical (unpaired) electrons. The lowest BCUT2D eigenvalue weighted by Gasteiger charge is -2.31. The number of nitrogens with one attached hydrogen (secondary N) is 5. The van der Waals surface area contributed by atoms with Crippen LogP contribution in [0.3, 0.4) is 0 Å². The molecular weight excluding hydrogens is 751 g/mol. The van der Waals surface area contributed by atoms with E-state index in [1.165, 1.54) is 4.90 Å². The Hall–Kier alpha value is -5.89. The van der Waals surface area contributed by atoms with Crippen molar-refractivity contribution in [3.8, 4) is 0 Å². The van der Waals surface area contributed by atoms with Gasteiger partial charge in [-0.1, -0.05) is 94.4 Å². The average molecular weight is 808 g/mol. The summed E-state index contributed by atoms with van der Waals surface area (Å²) in [5.74, 6) is -2.62. The third kappa shape index (κ3) is 11.4. The lowest BCUT2D eigenvalue weighted by Crippen LogP contribution is -2.59. The minimum absolute atomic E-state index is 0.00840. The number of rotatable bonds is 19. The molecule has 5 amide bonds. The third-order valence-electron chi connectivity index (χ3n) is 10.5. The molecule has 3 aromatic rings. The molecule has 7 N–H and O–H groups in total. The first kappa shape index (κ1) is 44.2. The highest BCUT2D eigenvalue weighted by Crippen LogP contribution is 2.32. The molecule has 1 saturated heterocycles. The molecule has 14 nitrogen and oxygen atoms in total. The normalized spacial score (nSPS) is 16.1. The van der Waals surface area contributed by atoms with E-state index in [-0.39, 0.29) is 48.2 Å². The van der Waals surface area contributed by atoms with Crippen molar-refractivity contribution in [2.24, 2.45) is 17.6 Å². The van der Waals surface area contributed by atoms with Crippen molar-refractivity contribution >= 4 is 46.8 Å². The quantitative estimate of drug-likeness (QED) is 0.0769. The summed E-state index contributed by atoms with van der Waals surface area (Å²) in [4.78, 5) is 95.6. The molecule has 2 aliphatic rings. The fraction of sp³-hybridized carbons (Fsp3) is 0.444. The van der Waals surface area contributed by atoms with Crippen LogP contribution in [-0.4, -0.2) is 96.3 Å². The summed E-state index contributed by atoms with van der Waals surface area (Å²) in [6.07, 6.45) is 2.35. The fourth-order valence-corrected chi connectivity index (χ4v) is 7.69. The van der Waals surface area contributed by atoms with Gasteiger partial charge in [-0.15, -0.1) is 0 Å². The summed E-state index contributed by atoms with van der Waals surface area (Å²) < 4.78 is 0. The molecule has 14 heteroatoms. The van der Waals surface area contributed by atoms with Crippen LogP contribution in [0.25, 0.3) is 0 Å². The van der Waals surface area contributed by atoms with E-state index in [1.54, 1.807) is 42.5 Å². The summed E-state index contributed by atoms with van der Waals surface area (Å²) in [7, 11) is 0. The van der Waals surface area contributed by atoms with Gasteiger partial charge in [-0.2, -0.15) is 0 Å². The van der Waals surface area contributed by atoms with Crippen molar-refractivity contribution in [3.05, 3.63) is 101 Å².